The van der Waals surface area contributed by atoms with Gasteiger partial charge in [-0.3, -0.25) is 0 Å². The fraction of sp³-hybridized carbons (Fsp3) is 0.462. The number of hydrogen-bond acceptors (Lipinski definition) is 5. The van der Waals surface area contributed by atoms with Crippen LogP contribution in [0.15, 0.2) is 24.8 Å². The maximum atomic E-state index is 4.48. The van der Waals surface area contributed by atoms with E-state index in [4.69, 9.17) is 0 Å². The molecule has 1 unspecified atom stereocenters. The molecule has 0 amide bonds. The summed E-state index contributed by atoms with van der Waals surface area (Å²) in [6.07, 6.45) is 6.37. The summed E-state index contributed by atoms with van der Waals surface area (Å²) in [6, 6.07) is 2.18. The number of aromatic nitrogens is 4. The van der Waals surface area contributed by atoms with Gasteiger partial charge in [0.15, 0.2) is 0 Å². The molecular formula is C13H20N6. The number of anilines is 2. The maximum Gasteiger partial charge on any atom is 0.132 e. The highest BCUT2D eigenvalue weighted by atomic mass is 15.1. The van der Waals surface area contributed by atoms with Crippen LogP contribution in [0.2, 0.25) is 0 Å². The van der Waals surface area contributed by atoms with Gasteiger partial charge in [0, 0.05) is 44.5 Å². The molecule has 19 heavy (non-hydrogen) atoms. The van der Waals surface area contributed by atoms with Gasteiger partial charge in [0.1, 0.15) is 17.5 Å². The molecule has 0 aromatic carbocycles. The van der Waals surface area contributed by atoms with Crippen molar-refractivity contribution in [2.75, 3.05) is 17.7 Å². The molecule has 2 heterocycles. The van der Waals surface area contributed by atoms with Crippen molar-refractivity contribution < 1.29 is 0 Å². The summed E-state index contributed by atoms with van der Waals surface area (Å²) in [7, 11) is 1.86. The molecule has 0 bridgehead atoms. The van der Waals surface area contributed by atoms with Crippen LogP contribution in [0.4, 0.5) is 11.6 Å². The predicted molar refractivity (Wildman–Crippen MR) is 76.3 cm³/mol. The highest BCUT2D eigenvalue weighted by Crippen LogP contribution is 2.12. The van der Waals surface area contributed by atoms with Gasteiger partial charge in [-0.25, -0.2) is 15.0 Å². The second-order valence-electron chi connectivity index (χ2n) is 4.46. The lowest BCUT2D eigenvalue weighted by atomic mass is 10.3. The van der Waals surface area contributed by atoms with Gasteiger partial charge in [-0.15, -0.1) is 0 Å². The average molecular weight is 260 g/mol. The molecule has 0 radical (unpaired) electrons. The summed E-state index contributed by atoms with van der Waals surface area (Å²) < 4.78 is 2.04. The number of nitrogens with one attached hydrogen (secondary N) is 2. The third kappa shape index (κ3) is 3.67. The Morgan fingerprint density at radius 2 is 2.11 bits per heavy atom. The Bertz CT molecular complexity index is 486. The molecule has 0 fully saturated rings. The standard InChI is InChI=1S/C13H20N6/c1-4-11-17-12(14-3)7-13(18-11)16-10(2)8-19-6-5-15-9-19/h5-7,9-10H,4,8H2,1-3H3,(H2,14,16,17,18). The van der Waals surface area contributed by atoms with Crippen LogP contribution in [0.25, 0.3) is 0 Å². The Morgan fingerprint density at radius 3 is 2.74 bits per heavy atom. The highest BCUT2D eigenvalue weighted by molar-refractivity contribution is 5.47. The topological polar surface area (TPSA) is 67.7 Å². The third-order valence-electron chi connectivity index (χ3n) is 2.78. The number of hydrogen-bond donors (Lipinski definition) is 2. The second kappa shape index (κ2) is 6.17. The van der Waals surface area contributed by atoms with E-state index in [0.717, 1.165) is 30.4 Å². The fourth-order valence-corrected chi connectivity index (χ4v) is 1.87. The minimum absolute atomic E-state index is 0.263. The van der Waals surface area contributed by atoms with Crippen LogP contribution in [0.5, 0.6) is 0 Å². The first kappa shape index (κ1) is 13.3. The zero-order chi connectivity index (χ0) is 13.7. The van der Waals surface area contributed by atoms with Crippen LogP contribution in [-0.2, 0) is 13.0 Å². The van der Waals surface area contributed by atoms with E-state index < -0.39 is 0 Å². The molecule has 0 saturated carbocycles. The molecule has 0 aliphatic rings. The van der Waals surface area contributed by atoms with Gasteiger partial charge in [0.05, 0.1) is 6.33 Å². The van der Waals surface area contributed by atoms with Crippen molar-refractivity contribution in [2.45, 2.75) is 32.9 Å². The minimum atomic E-state index is 0.263. The van der Waals surface area contributed by atoms with Gasteiger partial charge in [-0.05, 0) is 6.92 Å². The molecule has 0 spiro atoms. The van der Waals surface area contributed by atoms with Crippen LogP contribution in [0, 0.1) is 0 Å². The Balaban J connectivity index is 2.05. The van der Waals surface area contributed by atoms with Crippen LogP contribution in [0.1, 0.15) is 19.7 Å². The molecule has 6 nitrogen and oxygen atoms in total. The Hall–Kier alpha value is -2.11. The summed E-state index contributed by atoms with van der Waals surface area (Å²) in [5, 5.41) is 6.44. The van der Waals surface area contributed by atoms with Crippen LogP contribution in [0.3, 0.4) is 0 Å². The van der Waals surface area contributed by atoms with Crippen LogP contribution in [-0.4, -0.2) is 32.6 Å². The molecule has 2 aromatic heterocycles. The molecule has 0 saturated heterocycles. The zero-order valence-corrected chi connectivity index (χ0v) is 11.6. The van der Waals surface area contributed by atoms with E-state index in [1.807, 2.05) is 37.1 Å². The van der Waals surface area contributed by atoms with Gasteiger partial charge in [-0.2, -0.15) is 0 Å². The molecule has 1 atom stereocenters. The molecule has 0 aliphatic carbocycles. The van der Waals surface area contributed by atoms with Crippen molar-refractivity contribution in [3.05, 3.63) is 30.6 Å². The van der Waals surface area contributed by atoms with Crippen molar-refractivity contribution in [3.63, 3.8) is 0 Å². The molecular weight excluding hydrogens is 240 g/mol. The molecule has 2 N–H and O–H groups in total. The summed E-state index contributed by atoms with van der Waals surface area (Å²) in [6.45, 7) is 5.01. The molecule has 0 aliphatic heterocycles. The van der Waals surface area contributed by atoms with Gasteiger partial charge >= 0.3 is 0 Å². The lowest BCUT2D eigenvalue weighted by molar-refractivity contribution is 0.616. The maximum absolute atomic E-state index is 4.48. The zero-order valence-electron chi connectivity index (χ0n) is 11.6. The number of nitrogens with zero attached hydrogens (tertiary/aromatic N) is 4. The van der Waals surface area contributed by atoms with Crippen molar-refractivity contribution in [1.29, 1.82) is 0 Å². The van der Waals surface area contributed by atoms with Crippen LogP contribution >= 0.6 is 0 Å². The van der Waals surface area contributed by atoms with E-state index in [2.05, 4.69) is 32.5 Å². The van der Waals surface area contributed by atoms with Crippen LogP contribution < -0.4 is 10.6 Å². The molecule has 102 valence electrons. The van der Waals surface area contributed by atoms with Crippen molar-refractivity contribution in [3.8, 4) is 0 Å². The number of aryl methyl sites for hydroxylation is 1. The van der Waals surface area contributed by atoms with Gasteiger partial charge in [0.2, 0.25) is 0 Å². The Labute approximate surface area is 113 Å². The quantitative estimate of drug-likeness (QED) is 0.828. The largest absolute Gasteiger partial charge is 0.373 e. The highest BCUT2D eigenvalue weighted by Gasteiger charge is 2.07. The summed E-state index contributed by atoms with van der Waals surface area (Å²) in [4.78, 5) is 12.9. The Morgan fingerprint density at radius 1 is 1.32 bits per heavy atom. The average Bonchev–Trinajstić information content (AvgIpc) is 2.90. The van der Waals surface area contributed by atoms with E-state index >= 15 is 0 Å². The second-order valence-corrected chi connectivity index (χ2v) is 4.46. The third-order valence-corrected chi connectivity index (χ3v) is 2.78. The first-order valence-electron chi connectivity index (χ1n) is 6.49. The van der Waals surface area contributed by atoms with Gasteiger partial charge in [-0.1, -0.05) is 6.92 Å². The predicted octanol–water partition coefficient (Wildman–Crippen LogP) is 1.78. The minimum Gasteiger partial charge on any atom is -0.373 e. The summed E-state index contributed by atoms with van der Waals surface area (Å²) >= 11 is 0. The first-order chi connectivity index (χ1) is 9.21. The van der Waals surface area contributed by atoms with E-state index in [1.165, 1.54) is 0 Å². The molecule has 6 heteroatoms. The first-order valence-corrected chi connectivity index (χ1v) is 6.49. The monoisotopic (exact) mass is 260 g/mol. The molecule has 2 rings (SSSR count). The lowest BCUT2D eigenvalue weighted by Crippen LogP contribution is -2.22. The van der Waals surface area contributed by atoms with Gasteiger partial charge < -0.3 is 15.2 Å². The smallest absolute Gasteiger partial charge is 0.132 e. The SMILES string of the molecule is CCc1nc(NC)cc(NC(C)Cn2ccnc2)n1. The van der Waals surface area contributed by atoms with E-state index in [0.29, 0.717) is 0 Å². The Kier molecular flexibility index (Phi) is 4.33. The van der Waals surface area contributed by atoms with E-state index in [1.54, 1.807) is 6.20 Å². The van der Waals surface area contributed by atoms with Crippen molar-refractivity contribution >= 4 is 11.6 Å². The number of imidazole rings is 1. The number of rotatable bonds is 6. The normalized spacial score (nSPS) is 12.2. The van der Waals surface area contributed by atoms with Crippen molar-refractivity contribution in [1.82, 2.24) is 19.5 Å². The summed E-state index contributed by atoms with van der Waals surface area (Å²) in [5.74, 6) is 2.53. The molecule has 2 aromatic rings. The van der Waals surface area contributed by atoms with Gasteiger partial charge in [0.25, 0.3) is 0 Å². The van der Waals surface area contributed by atoms with E-state index in [9.17, 15) is 0 Å². The lowest BCUT2D eigenvalue weighted by Gasteiger charge is -2.16. The summed E-state index contributed by atoms with van der Waals surface area (Å²) in [5.41, 5.74) is 0. The van der Waals surface area contributed by atoms with Crippen molar-refractivity contribution in [2.24, 2.45) is 0 Å². The fourth-order valence-electron chi connectivity index (χ4n) is 1.87. The van der Waals surface area contributed by atoms with E-state index in [-0.39, 0.29) is 6.04 Å².